The molecule has 1 aliphatic rings. The molecule has 0 aromatic heterocycles. The predicted octanol–water partition coefficient (Wildman–Crippen LogP) is 2.11. The van der Waals surface area contributed by atoms with E-state index in [-0.39, 0.29) is 21.9 Å². The Morgan fingerprint density at radius 1 is 1.36 bits per heavy atom. The van der Waals surface area contributed by atoms with Crippen molar-refractivity contribution >= 4 is 27.5 Å². The van der Waals surface area contributed by atoms with Crippen LogP contribution in [0.5, 0.6) is 0 Å². The number of rotatable bonds is 3. The molecule has 0 bridgehead atoms. The summed E-state index contributed by atoms with van der Waals surface area (Å²) >= 11 is 5.66. The van der Waals surface area contributed by atoms with Gasteiger partial charge in [-0.3, -0.25) is 4.79 Å². The first-order valence-electron chi connectivity index (χ1n) is 6.92. The highest BCUT2D eigenvalue weighted by Crippen LogP contribution is 2.25. The van der Waals surface area contributed by atoms with Crippen molar-refractivity contribution in [3.05, 3.63) is 29.0 Å². The van der Waals surface area contributed by atoms with Crippen molar-refractivity contribution in [1.29, 1.82) is 0 Å². The smallest absolute Gasteiger partial charge is 0.243 e. The van der Waals surface area contributed by atoms with E-state index in [4.69, 9.17) is 11.6 Å². The summed E-state index contributed by atoms with van der Waals surface area (Å²) in [6.45, 7) is 2.13. The van der Waals surface area contributed by atoms with Crippen LogP contribution in [-0.2, 0) is 14.8 Å². The Morgan fingerprint density at radius 2 is 1.95 bits per heavy atom. The van der Waals surface area contributed by atoms with Gasteiger partial charge in [0.2, 0.25) is 15.9 Å². The number of hydrogen-bond acceptors (Lipinski definition) is 3. The van der Waals surface area contributed by atoms with E-state index >= 15 is 0 Å². The van der Waals surface area contributed by atoms with Gasteiger partial charge >= 0.3 is 0 Å². The number of sulfonamides is 1. The normalized spacial score (nSPS) is 17.5. The Kier molecular flexibility index (Phi) is 5.09. The van der Waals surface area contributed by atoms with Crippen LogP contribution in [0.2, 0.25) is 5.02 Å². The fraction of sp³-hybridized carbons (Fsp3) is 0.500. The highest BCUT2D eigenvalue weighted by atomic mass is 35.5. The lowest BCUT2D eigenvalue weighted by Gasteiger charge is -2.35. The summed E-state index contributed by atoms with van der Waals surface area (Å²) in [7, 11) is -1.97. The summed E-state index contributed by atoms with van der Waals surface area (Å²) < 4.78 is 39.6. The van der Waals surface area contributed by atoms with Gasteiger partial charge in [0.05, 0.1) is 9.92 Å². The van der Waals surface area contributed by atoms with Gasteiger partial charge in [0.1, 0.15) is 5.82 Å². The average Bonchev–Trinajstić information content (AvgIpc) is 2.49. The molecule has 0 aliphatic carbocycles. The Balaban J connectivity index is 2.12. The van der Waals surface area contributed by atoms with Crippen LogP contribution in [0.15, 0.2) is 23.1 Å². The molecule has 0 atom stereocenters. The monoisotopic (exact) mass is 348 g/mol. The van der Waals surface area contributed by atoms with Gasteiger partial charge < -0.3 is 4.90 Å². The maximum absolute atomic E-state index is 13.2. The molecule has 5 nitrogen and oxygen atoms in total. The number of carbonyl (C=O) groups excluding carboxylic acids is 1. The number of amides is 1. The summed E-state index contributed by atoms with van der Waals surface area (Å²) in [6.07, 6.45) is 1.15. The Hall–Kier alpha value is -1.18. The fourth-order valence-electron chi connectivity index (χ4n) is 2.51. The number of halogens is 2. The molecule has 1 aliphatic heterocycles. The standard InChI is InChI=1S/C14H18ClFN2O3S/c1-10(19)17(2)11-5-7-18(8-6-11)22(20,21)12-3-4-14(16)13(15)9-12/h3-4,9,11H,5-8H2,1-2H3. The quantitative estimate of drug-likeness (QED) is 0.840. The lowest BCUT2D eigenvalue weighted by molar-refractivity contribution is -0.130. The molecule has 0 saturated carbocycles. The highest BCUT2D eigenvalue weighted by Gasteiger charge is 2.31. The van der Waals surface area contributed by atoms with E-state index in [1.165, 1.54) is 17.3 Å². The topological polar surface area (TPSA) is 57.7 Å². The van der Waals surface area contributed by atoms with Crippen LogP contribution in [0, 0.1) is 5.82 Å². The summed E-state index contributed by atoms with van der Waals surface area (Å²) in [6, 6.07) is 3.43. The lowest BCUT2D eigenvalue weighted by Crippen LogP contribution is -2.46. The molecule has 1 heterocycles. The average molecular weight is 349 g/mol. The first kappa shape index (κ1) is 17.2. The van der Waals surface area contributed by atoms with Crippen LogP contribution in [0.1, 0.15) is 19.8 Å². The van der Waals surface area contributed by atoms with Crippen LogP contribution >= 0.6 is 11.6 Å². The maximum atomic E-state index is 13.2. The molecule has 22 heavy (non-hydrogen) atoms. The first-order chi connectivity index (χ1) is 10.2. The number of nitrogens with zero attached hydrogens (tertiary/aromatic N) is 2. The minimum atomic E-state index is -3.69. The van der Waals surface area contributed by atoms with E-state index < -0.39 is 15.8 Å². The fourth-order valence-corrected chi connectivity index (χ4v) is 4.26. The number of piperidine rings is 1. The maximum Gasteiger partial charge on any atom is 0.243 e. The zero-order valence-corrected chi connectivity index (χ0v) is 14.0. The van der Waals surface area contributed by atoms with E-state index in [9.17, 15) is 17.6 Å². The van der Waals surface area contributed by atoms with Gasteiger partial charge in [-0.25, -0.2) is 12.8 Å². The predicted molar refractivity (Wildman–Crippen MR) is 81.6 cm³/mol. The van der Waals surface area contributed by atoms with Gasteiger partial charge in [-0.15, -0.1) is 0 Å². The SMILES string of the molecule is CC(=O)N(C)C1CCN(S(=O)(=O)c2ccc(F)c(Cl)c2)CC1. The van der Waals surface area contributed by atoms with E-state index in [0.29, 0.717) is 25.9 Å². The van der Waals surface area contributed by atoms with Crippen molar-refractivity contribution in [2.75, 3.05) is 20.1 Å². The van der Waals surface area contributed by atoms with Gasteiger partial charge in [0.25, 0.3) is 0 Å². The second kappa shape index (κ2) is 6.52. The van der Waals surface area contributed by atoms with Crippen molar-refractivity contribution in [3.63, 3.8) is 0 Å². The van der Waals surface area contributed by atoms with Crippen LogP contribution < -0.4 is 0 Å². The van der Waals surface area contributed by atoms with Crippen molar-refractivity contribution in [2.45, 2.75) is 30.7 Å². The van der Waals surface area contributed by atoms with Gasteiger partial charge in [-0.05, 0) is 31.0 Å². The first-order valence-corrected chi connectivity index (χ1v) is 8.74. The van der Waals surface area contributed by atoms with Gasteiger partial charge in [0, 0.05) is 33.1 Å². The Bertz CT molecular complexity index is 673. The summed E-state index contributed by atoms with van der Waals surface area (Å²) in [5, 5.41) is -0.215. The van der Waals surface area contributed by atoms with Crippen LogP contribution in [-0.4, -0.2) is 49.7 Å². The van der Waals surface area contributed by atoms with E-state index in [0.717, 1.165) is 12.1 Å². The molecule has 122 valence electrons. The van der Waals surface area contributed by atoms with Crippen molar-refractivity contribution in [2.24, 2.45) is 0 Å². The van der Waals surface area contributed by atoms with Gasteiger partial charge in [-0.2, -0.15) is 4.31 Å². The third-order valence-corrected chi connectivity index (χ3v) is 6.18. The Labute approximate surface area is 134 Å². The summed E-state index contributed by atoms with van der Waals surface area (Å²) in [5.41, 5.74) is 0. The molecule has 0 radical (unpaired) electrons. The molecule has 1 aromatic rings. The van der Waals surface area contributed by atoms with Crippen LogP contribution in [0.4, 0.5) is 4.39 Å². The molecule has 0 spiro atoms. The molecule has 1 amide bonds. The van der Waals surface area contributed by atoms with Crippen LogP contribution in [0.3, 0.4) is 0 Å². The summed E-state index contributed by atoms with van der Waals surface area (Å²) in [5.74, 6) is -0.686. The van der Waals surface area contributed by atoms with Crippen molar-refractivity contribution < 1.29 is 17.6 Å². The third-order valence-electron chi connectivity index (χ3n) is 4.00. The van der Waals surface area contributed by atoms with Gasteiger partial charge in [0.15, 0.2) is 0 Å². The second-order valence-corrected chi connectivity index (χ2v) is 7.69. The molecule has 1 fully saturated rings. The molecule has 0 N–H and O–H groups in total. The van der Waals surface area contributed by atoms with E-state index in [2.05, 4.69) is 0 Å². The van der Waals surface area contributed by atoms with E-state index in [1.54, 1.807) is 11.9 Å². The lowest BCUT2D eigenvalue weighted by atomic mass is 10.1. The molecule has 2 rings (SSSR count). The largest absolute Gasteiger partial charge is 0.343 e. The van der Waals surface area contributed by atoms with Gasteiger partial charge in [-0.1, -0.05) is 11.6 Å². The minimum absolute atomic E-state index is 0.0164. The molecular weight excluding hydrogens is 331 g/mol. The van der Waals surface area contributed by atoms with Crippen molar-refractivity contribution in [3.8, 4) is 0 Å². The molecule has 8 heteroatoms. The number of benzene rings is 1. The van der Waals surface area contributed by atoms with Crippen molar-refractivity contribution in [1.82, 2.24) is 9.21 Å². The molecular formula is C14H18ClFN2O3S. The second-order valence-electron chi connectivity index (χ2n) is 5.34. The Morgan fingerprint density at radius 3 is 2.45 bits per heavy atom. The summed E-state index contributed by atoms with van der Waals surface area (Å²) in [4.78, 5) is 13.0. The molecule has 0 unspecified atom stereocenters. The van der Waals surface area contributed by atoms with Crippen LogP contribution in [0.25, 0.3) is 0 Å². The minimum Gasteiger partial charge on any atom is -0.343 e. The number of carbonyl (C=O) groups is 1. The zero-order chi connectivity index (χ0) is 16.5. The third kappa shape index (κ3) is 3.42. The molecule has 1 aromatic carbocycles. The van der Waals surface area contributed by atoms with E-state index in [1.807, 2.05) is 0 Å². The molecule has 1 saturated heterocycles. The number of hydrogen-bond donors (Lipinski definition) is 0. The highest BCUT2D eigenvalue weighted by molar-refractivity contribution is 7.89. The zero-order valence-electron chi connectivity index (χ0n) is 12.4.